The summed E-state index contributed by atoms with van der Waals surface area (Å²) in [6.07, 6.45) is 0. The van der Waals surface area contributed by atoms with E-state index in [0.717, 1.165) is 15.9 Å². The number of carbonyl (C=O) groups excluding carboxylic acids is 1. The first-order valence-electron chi connectivity index (χ1n) is 10.3. The molecule has 5 nitrogen and oxygen atoms in total. The number of piperazine rings is 1. The summed E-state index contributed by atoms with van der Waals surface area (Å²) in [5, 5.41) is 0. The van der Waals surface area contributed by atoms with E-state index in [9.17, 15) is 9.00 Å². The maximum Gasteiger partial charge on any atom is 0.289 e. The first-order chi connectivity index (χ1) is 14.9. The van der Waals surface area contributed by atoms with Crippen LogP contribution in [0.2, 0.25) is 0 Å². The number of aryl methyl sites for hydroxylation is 1. The molecule has 4 rings (SSSR count). The van der Waals surface area contributed by atoms with Gasteiger partial charge in [0.1, 0.15) is 5.76 Å². The van der Waals surface area contributed by atoms with E-state index in [2.05, 4.69) is 58.9 Å². The highest BCUT2D eigenvalue weighted by Crippen LogP contribution is 2.23. The second-order valence-corrected chi connectivity index (χ2v) is 10.2. The van der Waals surface area contributed by atoms with Gasteiger partial charge < -0.3 is 14.2 Å². The normalized spacial score (nSPS) is 17.6. The molecule has 1 saturated heterocycles. The van der Waals surface area contributed by atoms with Crippen molar-refractivity contribution in [3.8, 4) is 0 Å². The molecule has 2 atom stereocenters. The molecule has 0 bridgehead atoms. The minimum Gasteiger partial charge on any atom is -0.455 e. The largest absolute Gasteiger partial charge is 0.455 e. The number of carbonyl (C=O) groups is 1. The highest BCUT2D eigenvalue weighted by atomic mass is 79.9. The summed E-state index contributed by atoms with van der Waals surface area (Å²) < 4.78 is 19.3. The number of rotatable bonds is 5. The average Bonchev–Trinajstić information content (AvgIpc) is 3.22. The van der Waals surface area contributed by atoms with Gasteiger partial charge in [0.05, 0.1) is 16.6 Å². The van der Waals surface area contributed by atoms with Gasteiger partial charge in [-0.15, -0.1) is 0 Å². The van der Waals surface area contributed by atoms with Gasteiger partial charge in [0.2, 0.25) is 0 Å². The molecule has 1 amide bonds. The minimum atomic E-state index is -1.23. The Labute approximate surface area is 193 Å². The summed E-state index contributed by atoms with van der Waals surface area (Å²) in [6.45, 7) is 6.27. The molecule has 0 spiro atoms. The molecule has 1 fully saturated rings. The van der Waals surface area contributed by atoms with Crippen LogP contribution in [-0.4, -0.2) is 40.7 Å². The Morgan fingerprint density at radius 2 is 1.90 bits per heavy atom. The molecular formula is C24H25BrN2O3S. The number of halogens is 1. The number of benzene rings is 2. The third kappa shape index (κ3) is 5.10. The zero-order chi connectivity index (χ0) is 22.0. The molecule has 1 aromatic heterocycles. The number of hydrogen-bond acceptors (Lipinski definition) is 4. The zero-order valence-corrected chi connectivity index (χ0v) is 20.0. The van der Waals surface area contributed by atoms with Crippen molar-refractivity contribution >= 4 is 38.3 Å². The van der Waals surface area contributed by atoms with Gasteiger partial charge in [0, 0.05) is 40.7 Å². The van der Waals surface area contributed by atoms with Crippen LogP contribution < -0.4 is 4.90 Å². The van der Waals surface area contributed by atoms with E-state index in [1.165, 1.54) is 11.3 Å². The van der Waals surface area contributed by atoms with E-state index in [4.69, 9.17) is 4.42 Å². The smallest absolute Gasteiger partial charge is 0.289 e. The maximum absolute atomic E-state index is 13.0. The van der Waals surface area contributed by atoms with Gasteiger partial charge in [-0.1, -0.05) is 28.1 Å². The van der Waals surface area contributed by atoms with Crippen LogP contribution in [0.5, 0.6) is 0 Å². The van der Waals surface area contributed by atoms with Crippen molar-refractivity contribution in [3.63, 3.8) is 0 Å². The number of anilines is 1. The molecule has 162 valence electrons. The van der Waals surface area contributed by atoms with E-state index in [0.29, 0.717) is 24.6 Å². The Balaban J connectivity index is 1.39. The van der Waals surface area contributed by atoms with Crippen LogP contribution >= 0.6 is 15.9 Å². The quantitative estimate of drug-likeness (QED) is 0.494. The fraction of sp³-hybridized carbons (Fsp3) is 0.292. The molecule has 7 heteroatoms. The Hall–Kier alpha value is -2.38. The van der Waals surface area contributed by atoms with E-state index in [1.54, 1.807) is 12.1 Å². The van der Waals surface area contributed by atoms with Gasteiger partial charge in [-0.2, -0.15) is 0 Å². The Kier molecular flexibility index (Phi) is 6.62. The summed E-state index contributed by atoms with van der Waals surface area (Å²) in [5.74, 6) is 0.985. The molecule has 0 N–H and O–H groups in total. The molecule has 2 heterocycles. The van der Waals surface area contributed by atoms with E-state index >= 15 is 0 Å². The van der Waals surface area contributed by atoms with E-state index < -0.39 is 10.8 Å². The summed E-state index contributed by atoms with van der Waals surface area (Å²) in [7, 11) is -1.23. The number of furan rings is 1. The molecule has 1 aliphatic rings. The highest BCUT2D eigenvalue weighted by molar-refractivity contribution is 9.10. The lowest BCUT2D eigenvalue weighted by molar-refractivity contribution is 0.0692. The number of nitrogens with zero attached hydrogens (tertiary/aromatic N) is 2. The SMILES string of the molecule is Cc1cccc(N2CCN(C(=O)c3ccc(C[S@](=O)c4ccc(Br)cc4)o3)C[C@H]2C)c1. The summed E-state index contributed by atoms with van der Waals surface area (Å²) in [4.78, 5) is 17.9. The Morgan fingerprint density at radius 1 is 1.13 bits per heavy atom. The molecule has 2 aromatic carbocycles. The first-order valence-corrected chi connectivity index (χ1v) is 12.4. The monoisotopic (exact) mass is 500 g/mol. The summed E-state index contributed by atoms with van der Waals surface area (Å²) in [5.41, 5.74) is 2.42. The Morgan fingerprint density at radius 3 is 2.61 bits per heavy atom. The average molecular weight is 501 g/mol. The Bertz CT molecular complexity index is 1100. The lowest BCUT2D eigenvalue weighted by Crippen LogP contribution is -2.53. The third-order valence-corrected chi connectivity index (χ3v) is 7.34. The zero-order valence-electron chi connectivity index (χ0n) is 17.6. The molecule has 3 aromatic rings. The molecule has 0 unspecified atom stereocenters. The number of hydrogen-bond donors (Lipinski definition) is 0. The van der Waals surface area contributed by atoms with Crippen LogP contribution in [0.25, 0.3) is 0 Å². The van der Waals surface area contributed by atoms with Crippen LogP contribution in [0.3, 0.4) is 0 Å². The van der Waals surface area contributed by atoms with E-state index in [1.807, 2.05) is 29.2 Å². The predicted molar refractivity (Wildman–Crippen MR) is 127 cm³/mol. The van der Waals surface area contributed by atoms with E-state index in [-0.39, 0.29) is 17.7 Å². The molecule has 1 aliphatic heterocycles. The second-order valence-electron chi connectivity index (χ2n) is 7.84. The lowest BCUT2D eigenvalue weighted by Gasteiger charge is -2.41. The molecule has 0 radical (unpaired) electrons. The third-order valence-electron chi connectivity index (χ3n) is 5.47. The summed E-state index contributed by atoms with van der Waals surface area (Å²) >= 11 is 3.38. The van der Waals surface area contributed by atoms with Crippen LogP contribution in [0.15, 0.2) is 74.4 Å². The van der Waals surface area contributed by atoms with Crippen molar-refractivity contribution in [2.75, 3.05) is 24.5 Å². The van der Waals surface area contributed by atoms with Crippen LogP contribution in [0.1, 0.15) is 28.8 Å². The first kappa shape index (κ1) is 21.8. The highest BCUT2D eigenvalue weighted by Gasteiger charge is 2.29. The standard InChI is InChI=1S/C24H25BrN2O3S/c1-17-4-3-5-20(14-17)27-13-12-26(15-18(27)2)24(28)23-11-8-21(30-23)16-31(29)22-9-6-19(25)7-10-22/h3-11,14,18H,12-13,15-16H2,1-2H3/t18-,31+/m1/s1. The van der Waals surface area contributed by atoms with Crippen molar-refractivity contribution < 1.29 is 13.4 Å². The van der Waals surface area contributed by atoms with Gasteiger partial charge in [-0.25, -0.2) is 0 Å². The summed E-state index contributed by atoms with van der Waals surface area (Å²) in [6, 6.07) is 19.5. The van der Waals surface area contributed by atoms with Crippen molar-refractivity contribution in [1.82, 2.24) is 4.90 Å². The van der Waals surface area contributed by atoms with Gasteiger partial charge in [-0.3, -0.25) is 9.00 Å². The van der Waals surface area contributed by atoms with Crippen molar-refractivity contribution in [3.05, 3.63) is 82.2 Å². The van der Waals surface area contributed by atoms with Crippen LogP contribution in [-0.2, 0) is 16.6 Å². The van der Waals surface area contributed by atoms with Crippen molar-refractivity contribution in [2.45, 2.75) is 30.5 Å². The van der Waals surface area contributed by atoms with Gasteiger partial charge in [-0.05, 0) is 67.9 Å². The molecule has 31 heavy (non-hydrogen) atoms. The number of amides is 1. The van der Waals surface area contributed by atoms with Gasteiger partial charge in [0.25, 0.3) is 5.91 Å². The van der Waals surface area contributed by atoms with Crippen molar-refractivity contribution in [2.24, 2.45) is 0 Å². The van der Waals surface area contributed by atoms with Crippen molar-refractivity contribution in [1.29, 1.82) is 0 Å². The van der Waals surface area contributed by atoms with Gasteiger partial charge >= 0.3 is 0 Å². The van der Waals surface area contributed by atoms with Crippen LogP contribution in [0.4, 0.5) is 5.69 Å². The minimum absolute atomic E-state index is 0.114. The molecule has 0 aliphatic carbocycles. The van der Waals surface area contributed by atoms with Gasteiger partial charge in [0.15, 0.2) is 5.76 Å². The predicted octanol–water partition coefficient (Wildman–Crippen LogP) is 5.01. The second kappa shape index (κ2) is 9.40. The van der Waals surface area contributed by atoms with Crippen LogP contribution in [0, 0.1) is 6.92 Å². The fourth-order valence-electron chi connectivity index (χ4n) is 3.86. The molecular weight excluding hydrogens is 476 g/mol. The lowest BCUT2D eigenvalue weighted by atomic mass is 10.1. The topological polar surface area (TPSA) is 53.8 Å². The maximum atomic E-state index is 13.0. The fourth-order valence-corrected chi connectivity index (χ4v) is 5.14. The molecule has 0 saturated carbocycles.